The number of hydrogen-bond acceptors (Lipinski definition) is 5. The molecule has 0 aliphatic heterocycles. The van der Waals surface area contributed by atoms with E-state index in [0.29, 0.717) is 6.61 Å². The van der Waals surface area contributed by atoms with Crippen LogP contribution in [0, 0.1) is 6.92 Å². The van der Waals surface area contributed by atoms with Gasteiger partial charge in [-0.05, 0) is 38.0 Å². The molecule has 3 rings (SSSR count). The van der Waals surface area contributed by atoms with E-state index in [1.165, 1.54) is 0 Å². The van der Waals surface area contributed by atoms with Crippen molar-refractivity contribution in [2.75, 3.05) is 13.2 Å². The summed E-state index contributed by atoms with van der Waals surface area (Å²) < 4.78 is 5.96. The van der Waals surface area contributed by atoms with Crippen LogP contribution in [-0.2, 0) is 5.75 Å². The van der Waals surface area contributed by atoms with Crippen molar-refractivity contribution >= 4 is 22.8 Å². The van der Waals surface area contributed by atoms with E-state index in [-0.39, 0.29) is 0 Å². The fourth-order valence-electron chi connectivity index (χ4n) is 2.92. The maximum absolute atomic E-state index is 8.79. The minimum Gasteiger partial charge on any atom is -0.493 e. The van der Waals surface area contributed by atoms with Crippen LogP contribution in [0.15, 0.2) is 41.7 Å². The zero-order valence-corrected chi connectivity index (χ0v) is 16.6. The number of aliphatic hydroxyl groups excluding tert-OH is 1. The first-order chi connectivity index (χ1) is 13.3. The first-order valence-corrected chi connectivity index (χ1v) is 10.5. The summed E-state index contributed by atoms with van der Waals surface area (Å²) in [5.41, 5.74) is 4.17. The smallest absolute Gasteiger partial charge is 0.166 e. The van der Waals surface area contributed by atoms with Crippen molar-refractivity contribution in [3.05, 3.63) is 47.8 Å². The molecule has 2 aromatic heterocycles. The molecule has 0 amide bonds. The summed E-state index contributed by atoms with van der Waals surface area (Å²) in [5, 5.41) is 9.70. The summed E-state index contributed by atoms with van der Waals surface area (Å²) in [5.74, 6) is 1.67. The van der Waals surface area contributed by atoms with Crippen LogP contribution in [0.3, 0.4) is 0 Å². The van der Waals surface area contributed by atoms with Crippen LogP contribution in [0.2, 0.25) is 0 Å². The number of pyridine rings is 1. The van der Waals surface area contributed by atoms with Crippen molar-refractivity contribution in [1.29, 1.82) is 0 Å². The zero-order valence-electron chi connectivity index (χ0n) is 15.8. The Labute approximate surface area is 164 Å². The number of unbranched alkanes of at least 4 members (excludes halogenated alkanes) is 4. The molecular weight excluding hydrogens is 358 g/mol. The molecule has 3 aromatic rings. The van der Waals surface area contributed by atoms with Gasteiger partial charge in [0.25, 0.3) is 0 Å². The van der Waals surface area contributed by atoms with Crippen molar-refractivity contribution in [2.24, 2.45) is 0 Å². The molecule has 0 bridgehead atoms. The largest absolute Gasteiger partial charge is 0.493 e. The number of ether oxygens (including phenoxy) is 1. The quantitative estimate of drug-likeness (QED) is 0.364. The Morgan fingerprint density at radius 1 is 1.07 bits per heavy atom. The predicted octanol–water partition coefficient (Wildman–Crippen LogP) is 4.88. The first-order valence-electron chi connectivity index (χ1n) is 9.53. The third-order valence-electron chi connectivity index (χ3n) is 4.53. The molecule has 0 unspecified atom stereocenters. The van der Waals surface area contributed by atoms with Gasteiger partial charge in [0.1, 0.15) is 5.75 Å². The zero-order chi connectivity index (χ0) is 18.9. The third-order valence-corrected chi connectivity index (χ3v) is 5.42. The Bertz CT molecular complexity index is 817. The number of fused-ring (bicyclic) bond motifs is 1. The van der Waals surface area contributed by atoms with E-state index >= 15 is 0 Å². The van der Waals surface area contributed by atoms with E-state index < -0.39 is 0 Å². The van der Waals surface area contributed by atoms with Gasteiger partial charge in [-0.2, -0.15) is 0 Å². The minimum atomic E-state index is 0.293. The van der Waals surface area contributed by atoms with Gasteiger partial charge < -0.3 is 14.8 Å². The van der Waals surface area contributed by atoms with E-state index in [0.717, 1.165) is 77.7 Å². The second kappa shape index (κ2) is 10.3. The average Bonchev–Trinajstić information content (AvgIpc) is 3.10. The highest BCUT2D eigenvalue weighted by atomic mass is 32.2. The Kier molecular flexibility index (Phi) is 7.54. The molecule has 0 atom stereocenters. The summed E-state index contributed by atoms with van der Waals surface area (Å²) in [4.78, 5) is 12.5. The molecule has 0 saturated heterocycles. The maximum Gasteiger partial charge on any atom is 0.166 e. The number of hydrogen-bond donors (Lipinski definition) is 2. The molecule has 27 heavy (non-hydrogen) atoms. The normalized spacial score (nSPS) is 11.2. The topological polar surface area (TPSA) is 71.0 Å². The SMILES string of the molecule is Cc1c(OCCCCCCCO)ccnc1CSc1nc2ccccc2[nH]1. The van der Waals surface area contributed by atoms with Crippen LogP contribution < -0.4 is 4.74 Å². The lowest BCUT2D eigenvalue weighted by Gasteiger charge is -2.11. The van der Waals surface area contributed by atoms with Gasteiger partial charge in [0.05, 0.1) is 23.3 Å². The second-order valence-electron chi connectivity index (χ2n) is 6.57. The van der Waals surface area contributed by atoms with Crippen molar-refractivity contribution in [3.8, 4) is 5.75 Å². The average molecular weight is 386 g/mol. The Morgan fingerprint density at radius 3 is 2.74 bits per heavy atom. The van der Waals surface area contributed by atoms with E-state index in [1.807, 2.05) is 36.5 Å². The van der Waals surface area contributed by atoms with Crippen LogP contribution in [-0.4, -0.2) is 33.3 Å². The fraction of sp³-hybridized carbons (Fsp3) is 0.429. The molecule has 6 heteroatoms. The molecule has 5 nitrogen and oxygen atoms in total. The van der Waals surface area contributed by atoms with Gasteiger partial charge in [-0.25, -0.2) is 4.98 Å². The number of thioether (sulfide) groups is 1. The molecule has 2 N–H and O–H groups in total. The first kappa shape index (κ1) is 19.7. The summed E-state index contributed by atoms with van der Waals surface area (Å²) in [7, 11) is 0. The number of imidazole rings is 1. The molecule has 0 radical (unpaired) electrons. The monoisotopic (exact) mass is 385 g/mol. The Balaban J connectivity index is 1.50. The third kappa shape index (κ3) is 5.71. The molecule has 0 aliphatic rings. The fourth-order valence-corrected chi connectivity index (χ4v) is 3.83. The number of para-hydroxylation sites is 2. The number of nitrogens with zero attached hydrogens (tertiary/aromatic N) is 2. The van der Waals surface area contributed by atoms with Gasteiger partial charge in [-0.1, -0.05) is 43.2 Å². The van der Waals surface area contributed by atoms with Crippen molar-refractivity contribution < 1.29 is 9.84 Å². The molecule has 0 saturated carbocycles. The number of rotatable bonds is 11. The van der Waals surface area contributed by atoms with Gasteiger partial charge in [0.2, 0.25) is 0 Å². The van der Waals surface area contributed by atoms with E-state index in [9.17, 15) is 0 Å². The molecule has 144 valence electrons. The highest BCUT2D eigenvalue weighted by Gasteiger charge is 2.09. The number of aliphatic hydroxyl groups is 1. The lowest BCUT2D eigenvalue weighted by atomic mass is 10.1. The number of aromatic amines is 1. The molecule has 0 fully saturated rings. The number of nitrogens with one attached hydrogen (secondary N) is 1. The van der Waals surface area contributed by atoms with Crippen LogP contribution in [0.5, 0.6) is 5.75 Å². The summed E-state index contributed by atoms with van der Waals surface area (Å²) in [6, 6.07) is 9.99. The molecule has 2 heterocycles. The van der Waals surface area contributed by atoms with Crippen molar-refractivity contribution in [3.63, 3.8) is 0 Å². The lowest BCUT2D eigenvalue weighted by Crippen LogP contribution is -2.02. The summed E-state index contributed by atoms with van der Waals surface area (Å²) >= 11 is 1.66. The number of H-pyrrole nitrogens is 1. The Hall–Kier alpha value is -2.05. The summed E-state index contributed by atoms with van der Waals surface area (Å²) in [6.07, 6.45) is 7.14. The highest BCUT2D eigenvalue weighted by Crippen LogP contribution is 2.27. The van der Waals surface area contributed by atoms with Crippen LogP contribution in [0.4, 0.5) is 0 Å². The van der Waals surface area contributed by atoms with Crippen LogP contribution >= 0.6 is 11.8 Å². The number of benzene rings is 1. The van der Waals surface area contributed by atoms with Crippen LogP contribution in [0.25, 0.3) is 11.0 Å². The van der Waals surface area contributed by atoms with Gasteiger partial charge in [0, 0.05) is 24.1 Å². The van der Waals surface area contributed by atoms with Gasteiger partial charge in [-0.3, -0.25) is 4.98 Å². The highest BCUT2D eigenvalue weighted by molar-refractivity contribution is 7.98. The summed E-state index contributed by atoms with van der Waals surface area (Å²) in [6.45, 7) is 3.08. The molecule has 0 spiro atoms. The van der Waals surface area contributed by atoms with Crippen molar-refractivity contribution in [1.82, 2.24) is 15.0 Å². The number of aromatic nitrogens is 3. The standard InChI is InChI=1S/C21H27N3O2S/c1-16-19(15-27-21-23-17-9-5-6-10-18(17)24-21)22-12-11-20(16)26-14-8-4-2-3-7-13-25/h5-6,9-12,25H,2-4,7-8,13-15H2,1H3,(H,23,24). The Morgan fingerprint density at radius 2 is 1.89 bits per heavy atom. The van der Waals surface area contributed by atoms with Gasteiger partial charge in [0.15, 0.2) is 5.16 Å². The predicted molar refractivity (Wildman–Crippen MR) is 110 cm³/mol. The van der Waals surface area contributed by atoms with Gasteiger partial charge >= 0.3 is 0 Å². The maximum atomic E-state index is 8.79. The molecule has 1 aromatic carbocycles. The van der Waals surface area contributed by atoms with E-state index in [1.54, 1.807) is 11.8 Å². The minimum absolute atomic E-state index is 0.293. The van der Waals surface area contributed by atoms with E-state index in [4.69, 9.17) is 9.84 Å². The molecular formula is C21H27N3O2S. The lowest BCUT2D eigenvalue weighted by molar-refractivity contribution is 0.278. The second-order valence-corrected chi connectivity index (χ2v) is 7.53. The van der Waals surface area contributed by atoms with Crippen LogP contribution in [0.1, 0.15) is 43.4 Å². The van der Waals surface area contributed by atoms with Gasteiger partial charge in [-0.15, -0.1) is 0 Å². The van der Waals surface area contributed by atoms with E-state index in [2.05, 4.69) is 21.9 Å². The van der Waals surface area contributed by atoms with Crippen molar-refractivity contribution in [2.45, 2.75) is 49.9 Å². The molecule has 0 aliphatic carbocycles.